The van der Waals surface area contributed by atoms with E-state index in [1.54, 1.807) is 0 Å². The summed E-state index contributed by atoms with van der Waals surface area (Å²) in [5.74, 6) is 1.18. The van der Waals surface area contributed by atoms with Gasteiger partial charge in [-0.15, -0.1) is 0 Å². The summed E-state index contributed by atoms with van der Waals surface area (Å²) in [7, 11) is 0. The molecule has 4 N–H and O–H groups in total. The summed E-state index contributed by atoms with van der Waals surface area (Å²) in [6.45, 7) is 2.29. The summed E-state index contributed by atoms with van der Waals surface area (Å²) in [6, 6.07) is 12.7. The molecular weight excluding hydrogens is 352 g/mol. The number of phenolic OH excluding ortho intramolecular Hbond substituents is 1. The second-order valence-electron chi connectivity index (χ2n) is 6.96. The van der Waals surface area contributed by atoms with E-state index in [1.165, 1.54) is 54.8 Å². The monoisotopic (exact) mass is 376 g/mol. The summed E-state index contributed by atoms with van der Waals surface area (Å²) in [5.41, 5.74) is 10.2. The van der Waals surface area contributed by atoms with E-state index >= 15 is 0 Å². The number of rotatable bonds is 2. The van der Waals surface area contributed by atoms with Gasteiger partial charge >= 0.3 is 0 Å². The van der Waals surface area contributed by atoms with Gasteiger partial charge in [0.05, 0.1) is 17.8 Å². The Bertz CT molecular complexity index is 1030. The van der Waals surface area contributed by atoms with Gasteiger partial charge in [-0.3, -0.25) is 5.41 Å². The van der Waals surface area contributed by atoms with Crippen LogP contribution in [0.4, 0.5) is 5.69 Å². The lowest BCUT2D eigenvalue weighted by Crippen LogP contribution is -2.11. The van der Waals surface area contributed by atoms with Crippen molar-refractivity contribution in [1.82, 2.24) is 4.98 Å². The summed E-state index contributed by atoms with van der Waals surface area (Å²) in [6.07, 6.45) is 6.25. The Morgan fingerprint density at radius 3 is 2.86 bits per heavy atom. The van der Waals surface area contributed by atoms with E-state index in [9.17, 15) is 5.11 Å². The molecule has 0 radical (unpaired) electrons. The third kappa shape index (κ3) is 4.38. The number of fused-ring (bicyclic) bond motifs is 1. The highest BCUT2D eigenvalue weighted by Crippen LogP contribution is 2.25. The highest BCUT2D eigenvalue weighted by molar-refractivity contribution is 6.12. The molecule has 1 heterocycles. The van der Waals surface area contributed by atoms with Gasteiger partial charge in [0.1, 0.15) is 11.5 Å². The summed E-state index contributed by atoms with van der Waals surface area (Å²) < 4.78 is 4.97. The number of hydrogen-bond acceptors (Lipinski definition) is 6. The van der Waals surface area contributed by atoms with Gasteiger partial charge in [0.15, 0.2) is 12.2 Å². The number of nitrogens with two attached hydrogens (primary N) is 1. The number of phenols is 1. The Labute approximate surface area is 165 Å². The molecule has 1 aliphatic rings. The first kappa shape index (κ1) is 19.2. The molecule has 1 atom stereocenters. The highest BCUT2D eigenvalue weighted by atomic mass is 16.3. The largest absolute Gasteiger partial charge is 0.508 e. The number of aryl methyl sites for hydroxylation is 1. The lowest BCUT2D eigenvalue weighted by molar-refractivity contribution is 0.475. The number of aromatic hydroxyl groups is 1. The number of anilines is 1. The normalized spacial score (nSPS) is 14.9. The van der Waals surface area contributed by atoms with Crippen molar-refractivity contribution in [3.8, 4) is 11.8 Å². The van der Waals surface area contributed by atoms with Crippen LogP contribution in [0.2, 0.25) is 0 Å². The van der Waals surface area contributed by atoms with Gasteiger partial charge in [0.25, 0.3) is 0 Å². The summed E-state index contributed by atoms with van der Waals surface area (Å²) in [5, 5.41) is 25.8. The van der Waals surface area contributed by atoms with Crippen molar-refractivity contribution in [2.45, 2.75) is 26.2 Å². The Kier molecular flexibility index (Phi) is 5.75. The number of nitrogens with one attached hydrogen (secondary N) is 1. The Morgan fingerprint density at radius 2 is 2.14 bits per heavy atom. The molecule has 0 bridgehead atoms. The van der Waals surface area contributed by atoms with E-state index < -0.39 is 0 Å². The molecule has 4 rings (SSSR count). The third-order valence-electron chi connectivity index (χ3n) is 4.80. The molecule has 28 heavy (non-hydrogen) atoms. The minimum absolute atomic E-state index is 0. The van der Waals surface area contributed by atoms with Crippen LogP contribution in [0.5, 0.6) is 5.75 Å². The molecule has 3 aromatic rings. The molecule has 1 aliphatic carbocycles. The third-order valence-corrected chi connectivity index (χ3v) is 4.80. The molecule has 0 spiro atoms. The molecule has 0 fully saturated rings. The molecular formula is C22H24N4O2. The van der Waals surface area contributed by atoms with E-state index in [4.69, 9.17) is 20.8 Å². The van der Waals surface area contributed by atoms with Gasteiger partial charge in [-0.25, -0.2) is 4.98 Å². The zero-order chi connectivity index (χ0) is 20.1. The van der Waals surface area contributed by atoms with Crippen molar-refractivity contribution in [3.63, 3.8) is 0 Å². The number of hydrogen-bond donors (Lipinski definition) is 3. The van der Waals surface area contributed by atoms with Gasteiger partial charge in [-0.1, -0.05) is 13.0 Å². The maximum Gasteiger partial charge on any atom is 0.181 e. The first-order valence-electron chi connectivity index (χ1n) is 9.06. The van der Waals surface area contributed by atoms with Crippen LogP contribution in [0, 0.1) is 22.7 Å². The quantitative estimate of drug-likeness (QED) is 0.350. The molecule has 1 aromatic heterocycles. The second kappa shape index (κ2) is 8.40. The Morgan fingerprint density at radius 1 is 1.32 bits per heavy atom. The fourth-order valence-corrected chi connectivity index (χ4v) is 3.24. The van der Waals surface area contributed by atoms with Crippen LogP contribution < -0.4 is 5.73 Å². The van der Waals surface area contributed by atoms with Crippen LogP contribution >= 0.6 is 0 Å². The number of nitrogen functional groups attached to an aromatic ring is 1. The van der Waals surface area contributed by atoms with Crippen molar-refractivity contribution in [3.05, 3.63) is 77.0 Å². The summed E-state index contributed by atoms with van der Waals surface area (Å²) >= 11 is 0. The predicted octanol–water partition coefficient (Wildman–Crippen LogP) is 4.31. The molecule has 6 nitrogen and oxygen atoms in total. The molecule has 0 amide bonds. The standard InChI is InChI=1S/C12H13N.C10H9N3O2.H2/c1-9-2-4-12-7-10(8-13)3-5-11(12)6-9;11-8-2-1-6(14)3-7(8)10(12)9-4-13-5-15-9;/h3,5,7,9H,2,4,6H2,1H3;1-5,12,14H,11H2;1H/t9-;;/m0../s1. The van der Waals surface area contributed by atoms with Crippen LogP contribution in [0.1, 0.15) is 42.8 Å². The zero-order valence-electron chi connectivity index (χ0n) is 15.6. The van der Waals surface area contributed by atoms with Gasteiger partial charge < -0.3 is 15.3 Å². The van der Waals surface area contributed by atoms with Crippen molar-refractivity contribution < 1.29 is 11.0 Å². The number of oxazole rings is 1. The molecule has 144 valence electrons. The highest BCUT2D eigenvalue weighted by Gasteiger charge is 2.15. The van der Waals surface area contributed by atoms with Crippen molar-refractivity contribution in [2.24, 2.45) is 5.92 Å². The number of nitriles is 1. The Balaban J connectivity index is 0.000000202. The fraction of sp³-hybridized carbons (Fsp3) is 0.227. The topological polar surface area (TPSA) is 120 Å². The van der Waals surface area contributed by atoms with Gasteiger partial charge in [-0.2, -0.15) is 5.26 Å². The molecule has 0 saturated carbocycles. The number of nitrogens with zero attached hydrogens (tertiary/aromatic N) is 2. The molecule has 0 unspecified atom stereocenters. The smallest absolute Gasteiger partial charge is 0.181 e. The maximum atomic E-state index is 9.29. The lowest BCUT2D eigenvalue weighted by Gasteiger charge is -2.21. The van der Waals surface area contributed by atoms with Crippen molar-refractivity contribution in [2.75, 3.05) is 5.73 Å². The number of aromatic nitrogens is 1. The van der Waals surface area contributed by atoms with E-state index in [0.717, 1.165) is 17.9 Å². The van der Waals surface area contributed by atoms with Crippen LogP contribution in [-0.2, 0) is 12.8 Å². The van der Waals surface area contributed by atoms with Crippen LogP contribution in [0.25, 0.3) is 0 Å². The zero-order valence-corrected chi connectivity index (χ0v) is 15.6. The van der Waals surface area contributed by atoms with Crippen LogP contribution in [0.3, 0.4) is 0 Å². The van der Waals surface area contributed by atoms with Crippen LogP contribution in [-0.4, -0.2) is 15.8 Å². The van der Waals surface area contributed by atoms with Crippen molar-refractivity contribution in [1.29, 1.82) is 10.7 Å². The van der Waals surface area contributed by atoms with E-state index in [0.29, 0.717) is 17.0 Å². The average Bonchev–Trinajstić information content (AvgIpc) is 3.24. The van der Waals surface area contributed by atoms with Crippen LogP contribution in [0.15, 0.2) is 53.4 Å². The molecule has 2 aromatic carbocycles. The van der Waals surface area contributed by atoms with E-state index in [2.05, 4.69) is 24.0 Å². The SMILES string of the molecule is C[C@H]1CCc2cc(C#N)ccc2C1.N=C(c1cnco1)c1cc(O)ccc1N.[HH]. The van der Waals surface area contributed by atoms with E-state index in [1.807, 2.05) is 12.1 Å². The minimum atomic E-state index is 0. The average molecular weight is 376 g/mol. The van der Waals surface area contributed by atoms with Gasteiger partial charge in [0.2, 0.25) is 0 Å². The summed E-state index contributed by atoms with van der Waals surface area (Å²) in [4.78, 5) is 3.71. The molecule has 6 heteroatoms. The predicted molar refractivity (Wildman–Crippen MR) is 109 cm³/mol. The lowest BCUT2D eigenvalue weighted by atomic mass is 9.84. The Hall–Kier alpha value is -3.59. The minimum Gasteiger partial charge on any atom is -0.508 e. The fourth-order valence-electron chi connectivity index (χ4n) is 3.24. The first-order valence-corrected chi connectivity index (χ1v) is 9.06. The van der Waals surface area contributed by atoms with Crippen molar-refractivity contribution >= 4 is 11.4 Å². The molecule has 0 aliphatic heterocycles. The second-order valence-corrected chi connectivity index (χ2v) is 6.96. The molecule has 0 saturated heterocycles. The van der Waals surface area contributed by atoms with Gasteiger partial charge in [0, 0.05) is 12.7 Å². The number of benzene rings is 2. The van der Waals surface area contributed by atoms with E-state index in [-0.39, 0.29) is 12.9 Å². The first-order chi connectivity index (χ1) is 13.5. The maximum absolute atomic E-state index is 9.29. The van der Waals surface area contributed by atoms with Gasteiger partial charge in [-0.05, 0) is 66.6 Å².